The van der Waals surface area contributed by atoms with Gasteiger partial charge in [-0.3, -0.25) is 14.5 Å². The molecule has 1 aliphatic rings. The van der Waals surface area contributed by atoms with Gasteiger partial charge in [-0.25, -0.2) is 4.79 Å². The standard InChI is InChI=1S/C22H20N2O5S2/c1-13-7-3-5-9-16(13)23-19(25)12-29-17-10-6-4-8-15(17)11-18-20(26)24(22(30)31-18)14(2)21(27)28/h3-11,14H,12H2,1-2H3,(H,23,25)(H,27,28)/b18-11-. The third-order valence-corrected chi connectivity index (χ3v) is 5.88. The van der Waals surface area contributed by atoms with Gasteiger partial charge in [0.15, 0.2) is 6.61 Å². The number of nitrogens with zero attached hydrogens (tertiary/aromatic N) is 1. The molecule has 31 heavy (non-hydrogen) atoms. The Morgan fingerprint density at radius 1 is 1.23 bits per heavy atom. The fourth-order valence-corrected chi connectivity index (χ4v) is 4.25. The molecule has 0 spiro atoms. The van der Waals surface area contributed by atoms with Crippen molar-refractivity contribution in [3.63, 3.8) is 0 Å². The molecule has 160 valence electrons. The molecule has 0 aromatic heterocycles. The van der Waals surface area contributed by atoms with Crippen molar-refractivity contribution in [2.75, 3.05) is 11.9 Å². The number of aryl methyl sites for hydroxylation is 1. The van der Waals surface area contributed by atoms with E-state index in [1.807, 2.05) is 25.1 Å². The Kier molecular flexibility index (Phi) is 7.09. The fourth-order valence-electron chi connectivity index (χ4n) is 2.84. The molecular formula is C22H20N2O5S2. The Morgan fingerprint density at radius 2 is 1.90 bits per heavy atom. The number of amides is 2. The molecule has 7 nitrogen and oxygen atoms in total. The van der Waals surface area contributed by atoms with Crippen molar-refractivity contribution in [2.45, 2.75) is 19.9 Å². The molecule has 1 atom stereocenters. The molecule has 3 rings (SSSR count). The molecule has 1 saturated heterocycles. The van der Waals surface area contributed by atoms with E-state index in [4.69, 9.17) is 17.0 Å². The van der Waals surface area contributed by atoms with Crippen LogP contribution in [0.5, 0.6) is 5.75 Å². The summed E-state index contributed by atoms with van der Waals surface area (Å²) in [5.41, 5.74) is 2.23. The normalized spacial score (nSPS) is 15.8. The van der Waals surface area contributed by atoms with Crippen molar-refractivity contribution in [3.05, 3.63) is 64.6 Å². The molecule has 9 heteroatoms. The molecule has 0 aliphatic carbocycles. The average Bonchev–Trinajstić information content (AvgIpc) is 3.01. The highest BCUT2D eigenvalue weighted by Crippen LogP contribution is 2.35. The zero-order valence-electron chi connectivity index (χ0n) is 16.8. The molecule has 1 unspecified atom stereocenters. The minimum Gasteiger partial charge on any atom is -0.483 e. The van der Waals surface area contributed by atoms with Gasteiger partial charge in [-0.05, 0) is 37.6 Å². The summed E-state index contributed by atoms with van der Waals surface area (Å²) >= 11 is 6.21. The summed E-state index contributed by atoms with van der Waals surface area (Å²) in [5.74, 6) is -1.51. The summed E-state index contributed by atoms with van der Waals surface area (Å²) in [6.07, 6.45) is 1.59. The van der Waals surface area contributed by atoms with Gasteiger partial charge in [-0.1, -0.05) is 60.4 Å². The minimum atomic E-state index is -1.14. The number of carbonyl (C=O) groups excluding carboxylic acids is 2. The minimum absolute atomic E-state index is 0.183. The monoisotopic (exact) mass is 456 g/mol. The predicted molar refractivity (Wildman–Crippen MR) is 124 cm³/mol. The third kappa shape index (κ3) is 5.31. The van der Waals surface area contributed by atoms with Crippen LogP contribution in [-0.4, -0.2) is 44.8 Å². The van der Waals surface area contributed by atoms with Gasteiger partial charge in [0.1, 0.15) is 16.1 Å². The molecule has 0 bridgehead atoms. The molecule has 2 N–H and O–H groups in total. The number of hydrogen-bond acceptors (Lipinski definition) is 6. The number of para-hydroxylation sites is 2. The van der Waals surface area contributed by atoms with E-state index >= 15 is 0 Å². The number of aliphatic carboxylic acids is 1. The van der Waals surface area contributed by atoms with E-state index in [2.05, 4.69) is 5.32 Å². The molecule has 1 heterocycles. The Bertz CT molecular complexity index is 1080. The lowest BCUT2D eigenvalue weighted by Gasteiger charge is -2.18. The topological polar surface area (TPSA) is 95.9 Å². The van der Waals surface area contributed by atoms with E-state index in [0.717, 1.165) is 22.2 Å². The van der Waals surface area contributed by atoms with E-state index in [1.54, 1.807) is 36.4 Å². The van der Waals surface area contributed by atoms with Crippen LogP contribution < -0.4 is 10.1 Å². The van der Waals surface area contributed by atoms with Gasteiger partial charge in [0.2, 0.25) is 0 Å². The molecule has 0 radical (unpaired) electrons. The maximum Gasteiger partial charge on any atom is 0.326 e. The number of carboxylic acids is 1. The van der Waals surface area contributed by atoms with Gasteiger partial charge < -0.3 is 15.2 Å². The number of rotatable bonds is 7. The van der Waals surface area contributed by atoms with Crippen molar-refractivity contribution in [2.24, 2.45) is 0 Å². The lowest BCUT2D eigenvalue weighted by molar-refractivity contribution is -0.144. The number of benzene rings is 2. The number of carbonyl (C=O) groups is 3. The maximum absolute atomic E-state index is 12.7. The first kappa shape index (κ1) is 22.5. The summed E-state index contributed by atoms with van der Waals surface area (Å²) in [6, 6.07) is 13.3. The molecule has 2 aromatic rings. The van der Waals surface area contributed by atoms with E-state index < -0.39 is 17.9 Å². The van der Waals surface area contributed by atoms with Crippen LogP contribution in [0.15, 0.2) is 53.4 Å². The fraction of sp³-hybridized carbons (Fsp3) is 0.182. The number of nitrogens with one attached hydrogen (secondary N) is 1. The average molecular weight is 457 g/mol. The highest BCUT2D eigenvalue weighted by molar-refractivity contribution is 8.26. The van der Waals surface area contributed by atoms with Crippen LogP contribution in [0.4, 0.5) is 5.69 Å². The first-order chi connectivity index (χ1) is 14.8. The van der Waals surface area contributed by atoms with Gasteiger partial charge in [0, 0.05) is 11.3 Å². The predicted octanol–water partition coefficient (Wildman–Crippen LogP) is 3.69. The summed E-state index contributed by atoms with van der Waals surface area (Å²) in [4.78, 5) is 37.6. The van der Waals surface area contributed by atoms with E-state index in [-0.39, 0.29) is 16.8 Å². The Hall–Kier alpha value is -3.17. The highest BCUT2D eigenvalue weighted by Gasteiger charge is 2.38. The largest absolute Gasteiger partial charge is 0.483 e. The van der Waals surface area contributed by atoms with Crippen molar-refractivity contribution in [3.8, 4) is 5.75 Å². The van der Waals surface area contributed by atoms with Gasteiger partial charge in [0.25, 0.3) is 11.8 Å². The maximum atomic E-state index is 12.7. The van der Waals surface area contributed by atoms with Crippen LogP contribution in [-0.2, 0) is 14.4 Å². The van der Waals surface area contributed by atoms with Crippen LogP contribution in [0.2, 0.25) is 0 Å². The summed E-state index contributed by atoms with van der Waals surface area (Å²) < 4.78 is 5.86. The van der Waals surface area contributed by atoms with Crippen LogP contribution >= 0.6 is 24.0 Å². The summed E-state index contributed by atoms with van der Waals surface area (Å²) in [6.45, 7) is 3.09. The second-order valence-corrected chi connectivity index (χ2v) is 8.43. The lowest BCUT2D eigenvalue weighted by Crippen LogP contribution is -2.41. The van der Waals surface area contributed by atoms with E-state index in [0.29, 0.717) is 21.9 Å². The Morgan fingerprint density at radius 3 is 2.61 bits per heavy atom. The number of anilines is 1. The smallest absolute Gasteiger partial charge is 0.326 e. The lowest BCUT2D eigenvalue weighted by atomic mass is 10.1. The summed E-state index contributed by atoms with van der Waals surface area (Å²) in [7, 11) is 0. The first-order valence-electron chi connectivity index (χ1n) is 9.35. The van der Waals surface area contributed by atoms with Gasteiger partial charge in [-0.15, -0.1) is 0 Å². The van der Waals surface area contributed by atoms with Gasteiger partial charge >= 0.3 is 5.97 Å². The highest BCUT2D eigenvalue weighted by atomic mass is 32.2. The Labute approximate surface area is 189 Å². The quantitative estimate of drug-likeness (QED) is 0.485. The van der Waals surface area contributed by atoms with Gasteiger partial charge in [-0.2, -0.15) is 0 Å². The molecule has 0 saturated carbocycles. The second-order valence-electron chi connectivity index (χ2n) is 6.76. The molecule has 1 aliphatic heterocycles. The van der Waals surface area contributed by atoms with E-state index in [1.165, 1.54) is 6.92 Å². The molecule has 2 amide bonds. The van der Waals surface area contributed by atoms with Crippen LogP contribution in [0.25, 0.3) is 6.08 Å². The van der Waals surface area contributed by atoms with Crippen LogP contribution in [0.1, 0.15) is 18.1 Å². The number of hydrogen-bond donors (Lipinski definition) is 2. The third-order valence-electron chi connectivity index (χ3n) is 4.55. The number of carboxylic acid groups (broad SMARTS) is 1. The van der Waals surface area contributed by atoms with Gasteiger partial charge in [0.05, 0.1) is 4.91 Å². The molecular weight excluding hydrogens is 436 g/mol. The molecule has 1 fully saturated rings. The first-order valence-corrected chi connectivity index (χ1v) is 10.6. The second kappa shape index (κ2) is 9.76. The zero-order chi connectivity index (χ0) is 22.5. The number of thiocarbonyl (C=S) groups is 1. The number of thioether (sulfide) groups is 1. The summed E-state index contributed by atoms with van der Waals surface area (Å²) in [5, 5.41) is 12.0. The SMILES string of the molecule is Cc1ccccc1NC(=O)COc1ccccc1/C=C1\SC(=S)N(C(C)C(=O)O)C1=O. The number of ether oxygens (including phenoxy) is 1. The van der Waals surface area contributed by atoms with Crippen molar-refractivity contribution < 1.29 is 24.2 Å². The van der Waals surface area contributed by atoms with E-state index in [9.17, 15) is 19.5 Å². The van der Waals surface area contributed by atoms with Crippen LogP contribution in [0, 0.1) is 6.92 Å². The Balaban J connectivity index is 1.73. The van der Waals surface area contributed by atoms with Crippen molar-refractivity contribution in [1.29, 1.82) is 0 Å². The van der Waals surface area contributed by atoms with Crippen LogP contribution in [0.3, 0.4) is 0 Å². The van der Waals surface area contributed by atoms with Crippen molar-refractivity contribution in [1.82, 2.24) is 4.90 Å². The molecule has 2 aromatic carbocycles. The van der Waals surface area contributed by atoms with Crippen molar-refractivity contribution >= 4 is 57.8 Å². The zero-order valence-corrected chi connectivity index (χ0v) is 18.5.